The molecule has 0 spiro atoms. The van der Waals surface area contributed by atoms with E-state index in [-0.39, 0.29) is 11.7 Å². The molecule has 130 valence electrons. The Hall–Kier alpha value is -2.20. The van der Waals surface area contributed by atoms with Crippen LogP contribution in [0.2, 0.25) is 0 Å². The van der Waals surface area contributed by atoms with E-state index in [1.807, 2.05) is 26.0 Å². The van der Waals surface area contributed by atoms with Gasteiger partial charge in [0, 0.05) is 4.90 Å². The van der Waals surface area contributed by atoms with Crippen LogP contribution in [-0.2, 0) is 14.3 Å². The van der Waals surface area contributed by atoms with Gasteiger partial charge in [-0.15, -0.1) is 11.8 Å². The smallest absolute Gasteiger partial charge is 0.316 e. The molecule has 0 bridgehead atoms. The lowest BCUT2D eigenvalue weighted by Gasteiger charge is -2.27. The zero-order chi connectivity index (χ0) is 18.2. The number of carbonyl (C=O) groups excluding carboxylic acids is 2. The van der Waals surface area contributed by atoms with Crippen LogP contribution in [0.4, 0.5) is 0 Å². The number of hydrogen-bond donors (Lipinski definition) is 1. The fourth-order valence-electron chi connectivity index (χ4n) is 1.63. The number of nitriles is 1. The van der Waals surface area contributed by atoms with Gasteiger partial charge in [0.05, 0.1) is 18.9 Å². The summed E-state index contributed by atoms with van der Waals surface area (Å²) in [5.74, 6) is -0.207. The number of nitrogens with zero attached hydrogens (tertiary/aromatic N) is 1. The topological polar surface area (TPSA) is 88.4 Å². The van der Waals surface area contributed by atoms with Crippen LogP contribution in [-0.4, -0.2) is 36.9 Å². The minimum Gasteiger partial charge on any atom is -0.497 e. The fourth-order valence-corrected chi connectivity index (χ4v) is 2.33. The third-order valence-electron chi connectivity index (χ3n) is 3.57. The molecule has 0 aromatic heterocycles. The Labute approximate surface area is 146 Å². The normalized spacial score (nSPS) is 12.8. The summed E-state index contributed by atoms with van der Waals surface area (Å²) in [6, 6.07) is 9.34. The van der Waals surface area contributed by atoms with Crippen molar-refractivity contribution >= 4 is 23.6 Å². The highest BCUT2D eigenvalue weighted by Gasteiger charge is 2.30. The first-order valence-electron chi connectivity index (χ1n) is 7.45. The van der Waals surface area contributed by atoms with Crippen LogP contribution < -0.4 is 10.1 Å². The van der Waals surface area contributed by atoms with E-state index >= 15 is 0 Å². The van der Waals surface area contributed by atoms with Gasteiger partial charge in [-0.25, -0.2) is 0 Å². The average Bonchev–Trinajstić information content (AvgIpc) is 2.58. The molecule has 1 atom stereocenters. The van der Waals surface area contributed by atoms with Gasteiger partial charge in [-0.3, -0.25) is 9.59 Å². The Morgan fingerprint density at radius 3 is 2.46 bits per heavy atom. The van der Waals surface area contributed by atoms with E-state index < -0.39 is 24.0 Å². The second kappa shape index (κ2) is 9.18. The highest BCUT2D eigenvalue weighted by atomic mass is 32.2. The van der Waals surface area contributed by atoms with E-state index in [4.69, 9.17) is 14.7 Å². The van der Waals surface area contributed by atoms with Crippen molar-refractivity contribution in [3.8, 4) is 11.8 Å². The molecule has 1 aromatic rings. The van der Waals surface area contributed by atoms with Crippen molar-refractivity contribution in [3.63, 3.8) is 0 Å². The molecule has 0 heterocycles. The van der Waals surface area contributed by atoms with Gasteiger partial charge >= 0.3 is 5.97 Å². The summed E-state index contributed by atoms with van der Waals surface area (Å²) in [6.45, 7) is 4.91. The number of methoxy groups -OCH3 is 1. The zero-order valence-corrected chi connectivity index (χ0v) is 15.1. The quantitative estimate of drug-likeness (QED) is 0.572. The van der Waals surface area contributed by atoms with E-state index in [1.165, 1.54) is 11.8 Å². The first kappa shape index (κ1) is 19.8. The minimum absolute atomic E-state index is 0.0622. The number of amides is 1. The van der Waals surface area contributed by atoms with Crippen LogP contribution in [0.1, 0.15) is 20.8 Å². The monoisotopic (exact) mass is 350 g/mol. The second-order valence-corrected chi connectivity index (χ2v) is 6.69. The SMILES string of the molecule is COc1ccc(SCC(=O)OCC(=O)N[C@@](C)(C#N)C(C)C)cc1. The number of thioether (sulfide) groups is 1. The number of benzene rings is 1. The molecule has 0 saturated carbocycles. The summed E-state index contributed by atoms with van der Waals surface area (Å²) in [6.07, 6.45) is 0. The van der Waals surface area contributed by atoms with Gasteiger partial charge in [-0.05, 0) is 37.1 Å². The summed E-state index contributed by atoms with van der Waals surface area (Å²) in [5, 5.41) is 11.7. The Kier molecular flexibility index (Phi) is 7.59. The van der Waals surface area contributed by atoms with Crippen molar-refractivity contribution < 1.29 is 19.1 Å². The van der Waals surface area contributed by atoms with E-state index in [1.54, 1.807) is 26.2 Å². The molecule has 1 N–H and O–H groups in total. The van der Waals surface area contributed by atoms with Gasteiger partial charge in [0.15, 0.2) is 6.61 Å². The third kappa shape index (κ3) is 6.13. The largest absolute Gasteiger partial charge is 0.497 e. The summed E-state index contributed by atoms with van der Waals surface area (Å²) in [5.41, 5.74) is -0.985. The summed E-state index contributed by atoms with van der Waals surface area (Å²) in [4.78, 5) is 24.4. The molecule has 0 radical (unpaired) electrons. The Morgan fingerprint density at radius 1 is 1.33 bits per heavy atom. The highest BCUT2D eigenvalue weighted by molar-refractivity contribution is 8.00. The molecule has 1 amide bonds. The molecule has 1 rings (SSSR count). The minimum atomic E-state index is -0.985. The van der Waals surface area contributed by atoms with Crippen LogP contribution in [0.3, 0.4) is 0 Å². The predicted molar refractivity (Wildman–Crippen MR) is 91.7 cm³/mol. The Morgan fingerprint density at radius 2 is 1.96 bits per heavy atom. The number of ether oxygens (including phenoxy) is 2. The highest BCUT2D eigenvalue weighted by Crippen LogP contribution is 2.21. The van der Waals surface area contributed by atoms with E-state index in [0.717, 1.165) is 10.6 Å². The average molecular weight is 350 g/mol. The summed E-state index contributed by atoms with van der Waals surface area (Å²) in [7, 11) is 1.58. The van der Waals surface area contributed by atoms with E-state index in [0.29, 0.717) is 0 Å². The van der Waals surface area contributed by atoms with Crippen LogP contribution >= 0.6 is 11.8 Å². The fraction of sp³-hybridized carbons (Fsp3) is 0.471. The standard InChI is InChI=1S/C17H22N2O4S/c1-12(2)17(3,11-18)19-15(20)9-23-16(21)10-24-14-7-5-13(22-4)6-8-14/h5-8,12H,9-10H2,1-4H3,(H,19,20)/t17-/m0/s1. The van der Waals surface area contributed by atoms with Crippen molar-refractivity contribution in [2.24, 2.45) is 5.92 Å². The predicted octanol–water partition coefficient (Wildman–Crippen LogP) is 2.38. The lowest BCUT2D eigenvalue weighted by Crippen LogP contribution is -2.50. The number of esters is 1. The number of rotatable bonds is 8. The first-order chi connectivity index (χ1) is 11.3. The molecule has 0 saturated heterocycles. The molecule has 1 aromatic carbocycles. The summed E-state index contributed by atoms with van der Waals surface area (Å²) < 4.78 is 9.99. The van der Waals surface area contributed by atoms with Gasteiger partial charge in [0.25, 0.3) is 5.91 Å². The Balaban J connectivity index is 2.37. The van der Waals surface area contributed by atoms with Crippen molar-refractivity contribution in [3.05, 3.63) is 24.3 Å². The lowest BCUT2D eigenvalue weighted by atomic mass is 9.90. The van der Waals surface area contributed by atoms with E-state index in [9.17, 15) is 9.59 Å². The molecule has 7 heteroatoms. The van der Waals surface area contributed by atoms with Gasteiger partial charge in [-0.1, -0.05) is 13.8 Å². The molecule has 24 heavy (non-hydrogen) atoms. The number of carbonyl (C=O) groups is 2. The lowest BCUT2D eigenvalue weighted by molar-refractivity contribution is -0.146. The van der Waals surface area contributed by atoms with Crippen LogP contribution in [0.5, 0.6) is 5.75 Å². The van der Waals surface area contributed by atoms with Crippen LogP contribution in [0.25, 0.3) is 0 Å². The molecular formula is C17H22N2O4S. The van der Waals surface area contributed by atoms with Crippen molar-refractivity contribution in [2.45, 2.75) is 31.2 Å². The first-order valence-corrected chi connectivity index (χ1v) is 8.44. The Bertz CT molecular complexity index is 610. The van der Waals surface area contributed by atoms with Gasteiger partial charge in [0.2, 0.25) is 0 Å². The maximum Gasteiger partial charge on any atom is 0.316 e. The van der Waals surface area contributed by atoms with Crippen molar-refractivity contribution in [1.29, 1.82) is 5.26 Å². The van der Waals surface area contributed by atoms with Gasteiger partial charge in [-0.2, -0.15) is 5.26 Å². The van der Waals surface area contributed by atoms with Crippen LogP contribution in [0, 0.1) is 17.2 Å². The van der Waals surface area contributed by atoms with Crippen molar-refractivity contribution in [2.75, 3.05) is 19.5 Å². The molecular weight excluding hydrogens is 328 g/mol. The molecule has 6 nitrogen and oxygen atoms in total. The number of hydrogen-bond acceptors (Lipinski definition) is 6. The second-order valence-electron chi connectivity index (χ2n) is 5.64. The van der Waals surface area contributed by atoms with E-state index in [2.05, 4.69) is 11.4 Å². The van der Waals surface area contributed by atoms with Crippen LogP contribution in [0.15, 0.2) is 29.2 Å². The molecule has 0 aliphatic rings. The molecule has 0 aliphatic heterocycles. The molecule has 0 fully saturated rings. The van der Waals surface area contributed by atoms with Gasteiger partial charge in [0.1, 0.15) is 11.3 Å². The van der Waals surface area contributed by atoms with Gasteiger partial charge < -0.3 is 14.8 Å². The molecule has 0 aliphatic carbocycles. The number of nitrogens with one attached hydrogen (secondary N) is 1. The third-order valence-corrected chi connectivity index (χ3v) is 4.55. The zero-order valence-electron chi connectivity index (χ0n) is 14.3. The maximum absolute atomic E-state index is 11.8. The van der Waals surface area contributed by atoms with Crippen molar-refractivity contribution in [1.82, 2.24) is 5.32 Å². The summed E-state index contributed by atoms with van der Waals surface area (Å²) >= 11 is 1.31. The molecule has 0 unspecified atom stereocenters. The maximum atomic E-state index is 11.8.